The number of nitrogens with one attached hydrogen (secondary N) is 1. The molecule has 2 aromatic rings. The molecule has 0 amide bonds. The Morgan fingerprint density at radius 1 is 1.26 bits per heavy atom. The minimum absolute atomic E-state index is 0.0755. The number of hydrogen-bond acceptors (Lipinski definition) is 2. The van der Waals surface area contributed by atoms with Gasteiger partial charge in [-0.1, -0.05) is 45.9 Å². The van der Waals surface area contributed by atoms with Gasteiger partial charge in [-0.2, -0.15) is 5.10 Å². The van der Waals surface area contributed by atoms with E-state index in [2.05, 4.69) is 66.7 Å². The van der Waals surface area contributed by atoms with E-state index in [9.17, 15) is 0 Å². The van der Waals surface area contributed by atoms with Crippen LogP contribution in [0.1, 0.15) is 45.5 Å². The molecule has 3 nitrogen and oxygen atoms in total. The lowest BCUT2D eigenvalue weighted by atomic mass is 9.85. The molecule has 0 saturated heterocycles. The summed E-state index contributed by atoms with van der Waals surface area (Å²) in [6, 6.07) is 8.41. The van der Waals surface area contributed by atoms with Crippen LogP contribution in [0, 0.1) is 4.77 Å². The molecule has 0 bridgehead atoms. The van der Waals surface area contributed by atoms with Crippen LogP contribution in [0.3, 0.4) is 0 Å². The number of rotatable bonds is 3. The van der Waals surface area contributed by atoms with Crippen LogP contribution >= 0.6 is 12.2 Å². The molecule has 0 radical (unpaired) electrons. The zero-order valence-electron chi connectivity index (χ0n) is 12.0. The summed E-state index contributed by atoms with van der Waals surface area (Å²) < 4.78 is 2.74. The van der Waals surface area contributed by atoms with Crippen molar-refractivity contribution in [1.82, 2.24) is 14.8 Å². The fourth-order valence-corrected chi connectivity index (χ4v) is 2.52. The molecule has 0 unspecified atom stereocenters. The van der Waals surface area contributed by atoms with E-state index < -0.39 is 0 Å². The average Bonchev–Trinajstić information content (AvgIpc) is 2.70. The number of nitrogens with zero attached hydrogens (tertiary/aromatic N) is 2. The standard InChI is InChI=1S/C15H21N3S/c1-5-8-13-16-17-14(19)18(13)12-10-7-6-9-11(12)15(2,3)4/h6-7,9-10H,5,8H2,1-4H3,(H,17,19). The molecule has 2 rings (SSSR count). The van der Waals surface area contributed by atoms with Crippen LogP contribution in [0.25, 0.3) is 5.69 Å². The van der Waals surface area contributed by atoms with Gasteiger partial charge in [0.1, 0.15) is 5.82 Å². The topological polar surface area (TPSA) is 33.6 Å². The highest BCUT2D eigenvalue weighted by Crippen LogP contribution is 2.29. The van der Waals surface area contributed by atoms with Gasteiger partial charge in [0.2, 0.25) is 0 Å². The molecule has 0 spiro atoms. The van der Waals surface area contributed by atoms with Crippen LogP contribution in [0.2, 0.25) is 0 Å². The Balaban J connectivity index is 2.66. The van der Waals surface area contributed by atoms with Gasteiger partial charge in [-0.15, -0.1) is 0 Å². The summed E-state index contributed by atoms with van der Waals surface area (Å²) in [5, 5.41) is 7.27. The highest BCUT2D eigenvalue weighted by atomic mass is 32.1. The molecule has 0 aliphatic heterocycles. The molecular weight excluding hydrogens is 254 g/mol. The molecule has 1 N–H and O–H groups in total. The molecule has 0 aliphatic carbocycles. The number of benzene rings is 1. The molecule has 4 heteroatoms. The third-order valence-corrected chi connectivity index (χ3v) is 3.44. The smallest absolute Gasteiger partial charge is 0.199 e. The van der Waals surface area contributed by atoms with Gasteiger partial charge in [0, 0.05) is 6.42 Å². The monoisotopic (exact) mass is 275 g/mol. The molecular formula is C15H21N3S. The van der Waals surface area contributed by atoms with E-state index in [-0.39, 0.29) is 5.41 Å². The zero-order valence-corrected chi connectivity index (χ0v) is 12.8. The van der Waals surface area contributed by atoms with Gasteiger partial charge in [-0.25, -0.2) is 0 Å². The first-order valence-electron chi connectivity index (χ1n) is 6.71. The fourth-order valence-electron chi connectivity index (χ4n) is 2.27. The first-order chi connectivity index (χ1) is 8.95. The van der Waals surface area contributed by atoms with E-state index >= 15 is 0 Å². The van der Waals surface area contributed by atoms with Gasteiger partial charge in [-0.3, -0.25) is 9.67 Å². The lowest BCUT2D eigenvalue weighted by Crippen LogP contribution is -2.16. The molecule has 0 atom stereocenters. The van der Waals surface area contributed by atoms with Crippen LogP contribution in [0.4, 0.5) is 0 Å². The van der Waals surface area contributed by atoms with Gasteiger partial charge < -0.3 is 0 Å². The Hall–Kier alpha value is -1.42. The van der Waals surface area contributed by atoms with Crippen LogP contribution in [-0.2, 0) is 11.8 Å². The highest BCUT2D eigenvalue weighted by Gasteiger charge is 2.20. The van der Waals surface area contributed by atoms with Crippen molar-refractivity contribution in [3.05, 3.63) is 40.4 Å². The van der Waals surface area contributed by atoms with Crippen LogP contribution < -0.4 is 0 Å². The lowest BCUT2D eigenvalue weighted by Gasteiger charge is -2.23. The van der Waals surface area contributed by atoms with Crippen molar-refractivity contribution in [1.29, 1.82) is 0 Å². The Morgan fingerprint density at radius 2 is 1.95 bits per heavy atom. The Bertz CT molecular complexity index is 617. The summed E-state index contributed by atoms with van der Waals surface area (Å²) in [4.78, 5) is 0. The largest absolute Gasteiger partial charge is 0.272 e. The predicted octanol–water partition coefficient (Wildman–Crippen LogP) is 4.18. The normalized spacial score (nSPS) is 11.8. The summed E-state index contributed by atoms with van der Waals surface area (Å²) in [7, 11) is 0. The Kier molecular flexibility index (Phi) is 3.90. The van der Waals surface area contributed by atoms with Gasteiger partial charge >= 0.3 is 0 Å². The van der Waals surface area contributed by atoms with Crippen molar-refractivity contribution in [3.8, 4) is 5.69 Å². The van der Waals surface area contributed by atoms with Crippen molar-refractivity contribution in [3.63, 3.8) is 0 Å². The number of aromatic amines is 1. The quantitative estimate of drug-likeness (QED) is 0.853. The van der Waals surface area contributed by atoms with Crippen molar-refractivity contribution in [2.24, 2.45) is 0 Å². The first-order valence-corrected chi connectivity index (χ1v) is 7.12. The number of hydrogen-bond donors (Lipinski definition) is 1. The SMILES string of the molecule is CCCc1n[nH]c(=S)n1-c1ccccc1C(C)(C)C. The molecule has 1 aromatic carbocycles. The second-order valence-electron chi connectivity index (χ2n) is 5.80. The number of aryl methyl sites for hydroxylation is 1. The second-order valence-corrected chi connectivity index (χ2v) is 6.18. The number of para-hydroxylation sites is 1. The molecule has 1 aromatic heterocycles. The summed E-state index contributed by atoms with van der Waals surface area (Å²) >= 11 is 5.40. The van der Waals surface area contributed by atoms with E-state index in [0.29, 0.717) is 4.77 Å². The molecule has 19 heavy (non-hydrogen) atoms. The van der Waals surface area contributed by atoms with Crippen LogP contribution in [0.5, 0.6) is 0 Å². The Labute approximate surface area is 119 Å². The van der Waals surface area contributed by atoms with E-state index in [4.69, 9.17) is 12.2 Å². The summed E-state index contributed by atoms with van der Waals surface area (Å²) in [5.74, 6) is 1.00. The van der Waals surface area contributed by atoms with Gasteiger partial charge in [0.05, 0.1) is 5.69 Å². The maximum Gasteiger partial charge on any atom is 0.199 e. The predicted molar refractivity (Wildman–Crippen MR) is 81.4 cm³/mol. The van der Waals surface area contributed by atoms with Gasteiger partial charge in [0.25, 0.3) is 0 Å². The Morgan fingerprint density at radius 3 is 2.58 bits per heavy atom. The van der Waals surface area contributed by atoms with E-state index in [1.54, 1.807) is 0 Å². The maximum atomic E-state index is 5.40. The van der Waals surface area contributed by atoms with Gasteiger partial charge in [0.15, 0.2) is 4.77 Å². The summed E-state index contributed by atoms with van der Waals surface area (Å²) in [6.45, 7) is 8.80. The third kappa shape index (κ3) is 2.78. The van der Waals surface area contributed by atoms with Crippen molar-refractivity contribution >= 4 is 12.2 Å². The van der Waals surface area contributed by atoms with Crippen LogP contribution in [0.15, 0.2) is 24.3 Å². The second kappa shape index (κ2) is 5.29. The van der Waals surface area contributed by atoms with E-state index in [0.717, 1.165) is 24.4 Å². The highest BCUT2D eigenvalue weighted by molar-refractivity contribution is 7.71. The number of aromatic nitrogens is 3. The third-order valence-electron chi connectivity index (χ3n) is 3.17. The minimum atomic E-state index is 0.0755. The van der Waals surface area contributed by atoms with Crippen molar-refractivity contribution in [2.75, 3.05) is 0 Å². The van der Waals surface area contributed by atoms with Crippen LogP contribution in [-0.4, -0.2) is 14.8 Å². The fraction of sp³-hybridized carbons (Fsp3) is 0.467. The lowest BCUT2D eigenvalue weighted by molar-refractivity contribution is 0.584. The zero-order chi connectivity index (χ0) is 14.0. The minimum Gasteiger partial charge on any atom is -0.272 e. The molecule has 0 fully saturated rings. The molecule has 0 aliphatic rings. The summed E-state index contributed by atoms with van der Waals surface area (Å²) in [6.07, 6.45) is 1.98. The molecule has 102 valence electrons. The van der Waals surface area contributed by atoms with E-state index in [1.807, 2.05) is 0 Å². The molecule has 1 heterocycles. The van der Waals surface area contributed by atoms with Gasteiger partial charge in [-0.05, 0) is 35.7 Å². The average molecular weight is 275 g/mol. The first kappa shape index (κ1) is 14.0. The van der Waals surface area contributed by atoms with Crippen molar-refractivity contribution < 1.29 is 0 Å². The van der Waals surface area contributed by atoms with E-state index in [1.165, 1.54) is 5.56 Å². The maximum absolute atomic E-state index is 5.40. The number of H-pyrrole nitrogens is 1. The summed E-state index contributed by atoms with van der Waals surface area (Å²) in [5.41, 5.74) is 2.49. The molecule has 0 saturated carbocycles. The van der Waals surface area contributed by atoms with Crippen molar-refractivity contribution in [2.45, 2.75) is 46.0 Å².